The number of hydrogen-bond acceptors (Lipinski definition) is 2. The van der Waals surface area contributed by atoms with Crippen molar-refractivity contribution in [1.82, 2.24) is 4.98 Å². The maximum Gasteiger partial charge on any atom is 0.135 e. The zero-order valence-corrected chi connectivity index (χ0v) is 8.01. The van der Waals surface area contributed by atoms with Crippen molar-refractivity contribution >= 4 is 28.1 Å². The predicted molar refractivity (Wildman–Crippen MR) is 57.6 cm³/mol. The molecule has 2 rings (SSSR count). The van der Waals surface area contributed by atoms with Gasteiger partial charge in [0.2, 0.25) is 0 Å². The fraction of sp³-hybridized carbons (Fsp3) is 0. The second-order valence-corrected chi connectivity index (χ2v) is 3.30. The molecule has 2 nitrogen and oxygen atoms in total. The number of hydrogen-bond donors (Lipinski definition) is 1. The highest BCUT2D eigenvalue weighted by atomic mass is 32.1. The van der Waals surface area contributed by atoms with Gasteiger partial charge < -0.3 is 5.73 Å². The first-order chi connectivity index (χ1) is 6.70. The third kappa shape index (κ3) is 1.33. The average molecular weight is 206 g/mol. The number of nitrogens with zero attached hydrogens (tertiary/aromatic N) is 1. The summed E-state index contributed by atoms with van der Waals surface area (Å²) < 4.78 is 13.4. The molecule has 0 saturated heterocycles. The lowest BCUT2D eigenvalue weighted by atomic mass is 10.1. The lowest BCUT2D eigenvalue weighted by molar-refractivity contribution is 0.627. The molecule has 1 aromatic heterocycles. The van der Waals surface area contributed by atoms with E-state index >= 15 is 0 Å². The van der Waals surface area contributed by atoms with Gasteiger partial charge in [0.05, 0.1) is 11.1 Å². The van der Waals surface area contributed by atoms with E-state index in [4.69, 9.17) is 18.0 Å². The monoisotopic (exact) mass is 206 g/mol. The van der Waals surface area contributed by atoms with Gasteiger partial charge in [-0.2, -0.15) is 0 Å². The van der Waals surface area contributed by atoms with Crippen LogP contribution in [-0.2, 0) is 0 Å². The van der Waals surface area contributed by atoms with Gasteiger partial charge in [-0.1, -0.05) is 18.3 Å². The van der Waals surface area contributed by atoms with Crippen molar-refractivity contribution in [2.24, 2.45) is 5.73 Å². The van der Waals surface area contributed by atoms with Crippen LogP contribution in [0.2, 0.25) is 0 Å². The van der Waals surface area contributed by atoms with E-state index in [-0.39, 0.29) is 10.6 Å². The summed E-state index contributed by atoms with van der Waals surface area (Å²) in [6.07, 6.45) is 1.59. The van der Waals surface area contributed by atoms with Crippen LogP contribution in [0.3, 0.4) is 0 Å². The number of fused-ring (bicyclic) bond motifs is 1. The summed E-state index contributed by atoms with van der Waals surface area (Å²) >= 11 is 4.77. The van der Waals surface area contributed by atoms with Crippen molar-refractivity contribution < 1.29 is 4.39 Å². The standard InChI is InChI=1S/C10H7FN2S/c11-7-4-3-6-2-1-5-13-9(6)8(7)10(12)14/h1-5H,(H2,12,14). The first kappa shape index (κ1) is 9.02. The molecule has 1 heterocycles. The van der Waals surface area contributed by atoms with Crippen LogP contribution in [0.5, 0.6) is 0 Å². The molecule has 1 aromatic carbocycles. The number of rotatable bonds is 1. The van der Waals surface area contributed by atoms with E-state index in [2.05, 4.69) is 4.98 Å². The highest BCUT2D eigenvalue weighted by Crippen LogP contribution is 2.18. The Morgan fingerprint density at radius 2 is 2.14 bits per heavy atom. The minimum absolute atomic E-state index is 0.0341. The van der Waals surface area contributed by atoms with Crippen LogP contribution >= 0.6 is 12.2 Å². The molecule has 0 unspecified atom stereocenters. The SMILES string of the molecule is NC(=S)c1c(F)ccc2cccnc12. The van der Waals surface area contributed by atoms with Gasteiger partial charge in [0, 0.05) is 11.6 Å². The Morgan fingerprint density at radius 3 is 2.86 bits per heavy atom. The van der Waals surface area contributed by atoms with Crippen LogP contribution in [-0.4, -0.2) is 9.97 Å². The smallest absolute Gasteiger partial charge is 0.135 e. The summed E-state index contributed by atoms with van der Waals surface area (Å²) in [6.45, 7) is 0. The van der Waals surface area contributed by atoms with E-state index in [0.29, 0.717) is 5.52 Å². The molecule has 0 aliphatic heterocycles. The van der Waals surface area contributed by atoms with Gasteiger partial charge in [-0.15, -0.1) is 0 Å². The highest BCUT2D eigenvalue weighted by Gasteiger charge is 2.10. The second-order valence-electron chi connectivity index (χ2n) is 2.86. The number of benzene rings is 1. The van der Waals surface area contributed by atoms with Gasteiger partial charge in [-0.3, -0.25) is 4.98 Å². The number of halogens is 1. The van der Waals surface area contributed by atoms with Gasteiger partial charge >= 0.3 is 0 Å². The van der Waals surface area contributed by atoms with Gasteiger partial charge in [-0.05, 0) is 18.2 Å². The highest BCUT2D eigenvalue weighted by molar-refractivity contribution is 7.80. The fourth-order valence-corrected chi connectivity index (χ4v) is 1.55. The number of pyridine rings is 1. The van der Waals surface area contributed by atoms with E-state index in [0.717, 1.165) is 5.39 Å². The van der Waals surface area contributed by atoms with Gasteiger partial charge in [0.25, 0.3) is 0 Å². The summed E-state index contributed by atoms with van der Waals surface area (Å²) in [7, 11) is 0. The molecule has 2 aromatic rings. The molecule has 4 heteroatoms. The lowest BCUT2D eigenvalue weighted by Crippen LogP contribution is -2.12. The summed E-state index contributed by atoms with van der Waals surface area (Å²) in [5.41, 5.74) is 6.17. The molecule has 2 N–H and O–H groups in total. The molecule has 70 valence electrons. The minimum Gasteiger partial charge on any atom is -0.389 e. The van der Waals surface area contributed by atoms with E-state index < -0.39 is 5.82 Å². The summed E-state index contributed by atoms with van der Waals surface area (Å²) in [6, 6.07) is 6.62. The molecule has 0 atom stereocenters. The molecule has 14 heavy (non-hydrogen) atoms. The Balaban J connectivity index is 2.90. The molecule has 0 aliphatic carbocycles. The zero-order valence-electron chi connectivity index (χ0n) is 7.20. The van der Waals surface area contributed by atoms with E-state index in [1.807, 2.05) is 6.07 Å². The zero-order chi connectivity index (χ0) is 10.1. The van der Waals surface area contributed by atoms with Gasteiger partial charge in [0.1, 0.15) is 10.8 Å². The molecule has 0 fully saturated rings. The van der Waals surface area contributed by atoms with Gasteiger partial charge in [-0.25, -0.2) is 4.39 Å². The fourth-order valence-electron chi connectivity index (χ4n) is 1.35. The first-order valence-electron chi connectivity index (χ1n) is 4.03. The predicted octanol–water partition coefficient (Wildman–Crippen LogP) is 2.01. The Morgan fingerprint density at radius 1 is 1.36 bits per heavy atom. The molecule has 0 aliphatic rings. The maximum atomic E-state index is 13.4. The number of aromatic nitrogens is 1. The average Bonchev–Trinajstić information content (AvgIpc) is 2.17. The van der Waals surface area contributed by atoms with Crippen molar-refractivity contribution in [3.63, 3.8) is 0 Å². The maximum absolute atomic E-state index is 13.4. The Bertz CT molecular complexity index is 510. The third-order valence-corrected chi connectivity index (χ3v) is 2.17. The van der Waals surface area contributed by atoms with Crippen LogP contribution in [0.1, 0.15) is 5.56 Å². The first-order valence-corrected chi connectivity index (χ1v) is 4.44. The third-order valence-electron chi connectivity index (χ3n) is 1.97. The molecular formula is C10H7FN2S. The van der Waals surface area contributed by atoms with Crippen molar-refractivity contribution in [2.75, 3.05) is 0 Å². The lowest BCUT2D eigenvalue weighted by Gasteiger charge is -2.04. The van der Waals surface area contributed by atoms with Crippen molar-refractivity contribution in [3.05, 3.63) is 41.8 Å². The van der Waals surface area contributed by atoms with E-state index in [9.17, 15) is 4.39 Å². The number of thiocarbonyl (C=S) groups is 1. The topological polar surface area (TPSA) is 38.9 Å². The Hall–Kier alpha value is -1.55. The van der Waals surface area contributed by atoms with E-state index in [1.165, 1.54) is 6.07 Å². The number of nitrogens with two attached hydrogens (primary N) is 1. The van der Waals surface area contributed by atoms with Crippen LogP contribution in [0.25, 0.3) is 10.9 Å². The van der Waals surface area contributed by atoms with E-state index in [1.54, 1.807) is 18.3 Å². The second kappa shape index (κ2) is 3.31. The molecule has 0 radical (unpaired) electrons. The van der Waals surface area contributed by atoms with Crippen molar-refractivity contribution in [1.29, 1.82) is 0 Å². The molecule has 0 spiro atoms. The Labute approximate surface area is 85.6 Å². The molecule has 0 bridgehead atoms. The van der Waals surface area contributed by atoms with Crippen LogP contribution in [0, 0.1) is 5.82 Å². The van der Waals surface area contributed by atoms with Crippen LogP contribution < -0.4 is 5.73 Å². The molecular weight excluding hydrogens is 199 g/mol. The molecule has 0 amide bonds. The van der Waals surface area contributed by atoms with Crippen molar-refractivity contribution in [3.8, 4) is 0 Å². The summed E-state index contributed by atoms with van der Waals surface area (Å²) in [4.78, 5) is 4.09. The van der Waals surface area contributed by atoms with Crippen LogP contribution in [0.4, 0.5) is 4.39 Å². The minimum atomic E-state index is -0.427. The summed E-state index contributed by atoms with van der Waals surface area (Å²) in [5, 5.41) is 0.830. The summed E-state index contributed by atoms with van der Waals surface area (Å²) in [5.74, 6) is -0.427. The molecule has 0 saturated carbocycles. The van der Waals surface area contributed by atoms with Gasteiger partial charge in [0.15, 0.2) is 0 Å². The van der Waals surface area contributed by atoms with Crippen molar-refractivity contribution in [2.45, 2.75) is 0 Å². The normalized spacial score (nSPS) is 10.4. The largest absolute Gasteiger partial charge is 0.389 e. The quantitative estimate of drug-likeness (QED) is 0.725. The van der Waals surface area contributed by atoms with Crippen LogP contribution in [0.15, 0.2) is 30.5 Å². The Kier molecular flexibility index (Phi) is 2.13.